The van der Waals surface area contributed by atoms with Gasteiger partial charge < -0.3 is 15.8 Å². The topological polar surface area (TPSA) is 111 Å². The molecule has 1 unspecified atom stereocenters. The number of carbonyl (C=O) groups excluding carboxylic acids is 3. The molecule has 0 fully saturated rings. The smallest absolute Gasteiger partial charge is 0.435 e. The number of nitrogens with one attached hydrogen (secondary N) is 1. The third kappa shape index (κ3) is 5.19. The lowest BCUT2D eigenvalue weighted by Crippen LogP contribution is -2.22. The van der Waals surface area contributed by atoms with Crippen LogP contribution in [0.4, 0.5) is 14.9 Å². The number of ether oxygens (including phenoxy) is 1. The zero-order chi connectivity index (χ0) is 23.3. The van der Waals surface area contributed by atoms with Crippen molar-refractivity contribution in [2.45, 2.75) is 39.5 Å². The van der Waals surface area contributed by atoms with Gasteiger partial charge in [0.2, 0.25) is 0 Å². The zero-order valence-electron chi connectivity index (χ0n) is 18.1. The molecule has 1 aliphatic carbocycles. The predicted octanol–water partition coefficient (Wildman–Crippen LogP) is 4.49. The number of benzene rings is 2. The number of anilines is 1. The van der Waals surface area contributed by atoms with Crippen molar-refractivity contribution in [3.63, 3.8) is 0 Å². The van der Waals surface area contributed by atoms with Crippen LogP contribution in [0.2, 0.25) is 0 Å². The van der Waals surface area contributed by atoms with Crippen molar-refractivity contribution in [1.29, 1.82) is 0 Å². The van der Waals surface area contributed by atoms with Crippen LogP contribution in [0.1, 0.15) is 65.0 Å². The van der Waals surface area contributed by atoms with Crippen molar-refractivity contribution >= 4 is 29.3 Å². The number of halogens is 1. The largest absolute Gasteiger partial charge is 0.448 e. The molecule has 1 atom stereocenters. The number of aliphatic imine (C=N–C) groups is 1. The number of hydrogen-bond acceptors (Lipinski definition) is 4. The normalized spacial score (nSPS) is 15.8. The fourth-order valence-corrected chi connectivity index (χ4v) is 3.63. The molecular formula is C24H26FN3O4. The van der Waals surface area contributed by atoms with E-state index in [0.29, 0.717) is 17.7 Å². The lowest BCUT2D eigenvalue weighted by atomic mass is 9.81. The van der Waals surface area contributed by atoms with Crippen LogP contribution in [-0.2, 0) is 11.2 Å². The van der Waals surface area contributed by atoms with E-state index in [1.54, 1.807) is 18.2 Å². The van der Waals surface area contributed by atoms with Crippen molar-refractivity contribution in [2.24, 2.45) is 16.6 Å². The number of rotatable bonds is 6. The number of aryl methyl sites for hydroxylation is 1. The van der Waals surface area contributed by atoms with Crippen molar-refractivity contribution in [2.75, 3.05) is 11.9 Å². The van der Waals surface area contributed by atoms with Crippen LogP contribution in [0.25, 0.3) is 0 Å². The Hall–Kier alpha value is -3.55. The molecule has 2 aromatic carbocycles. The second-order valence-electron chi connectivity index (χ2n) is 7.64. The van der Waals surface area contributed by atoms with E-state index < -0.39 is 17.8 Å². The van der Waals surface area contributed by atoms with Crippen molar-refractivity contribution in [3.05, 3.63) is 64.5 Å². The standard InChI is InChI=1S/C24H26FN3O4/c1-3-11-32-24(31)28-22(26)16-7-9-19(20(25)13-16)23(30)27-17-8-10-18-15(12-17)6-5-14(4-2)21(18)29/h7-10,12-14H,3-6,11H2,1-2H3,(H,27,30)(H2,26,28,31). The van der Waals surface area contributed by atoms with Gasteiger partial charge in [-0.2, -0.15) is 4.99 Å². The monoisotopic (exact) mass is 439 g/mol. The summed E-state index contributed by atoms with van der Waals surface area (Å²) in [5, 5.41) is 2.67. The SMILES string of the molecule is CCCOC(=O)/N=C(/N)c1ccc(C(=O)Nc2ccc3c(c2)CCC(CC)C3=O)c(F)c1. The molecule has 0 spiro atoms. The second-order valence-corrected chi connectivity index (χ2v) is 7.64. The first kappa shape index (κ1) is 23.1. The maximum atomic E-state index is 14.6. The molecule has 0 radical (unpaired) electrons. The molecule has 32 heavy (non-hydrogen) atoms. The maximum Gasteiger partial charge on any atom is 0.435 e. The molecule has 0 aliphatic heterocycles. The molecule has 2 aromatic rings. The molecular weight excluding hydrogens is 413 g/mol. The molecule has 2 amide bonds. The number of nitrogens with two attached hydrogens (primary N) is 1. The second kappa shape index (κ2) is 10.2. The number of hydrogen-bond donors (Lipinski definition) is 2. The highest BCUT2D eigenvalue weighted by Crippen LogP contribution is 2.29. The first-order valence-electron chi connectivity index (χ1n) is 10.6. The number of amides is 2. The van der Waals surface area contributed by atoms with Crippen LogP contribution in [-0.4, -0.2) is 30.2 Å². The average molecular weight is 439 g/mol. The van der Waals surface area contributed by atoms with Gasteiger partial charge in [0.25, 0.3) is 5.91 Å². The van der Waals surface area contributed by atoms with Gasteiger partial charge in [-0.05, 0) is 61.6 Å². The van der Waals surface area contributed by atoms with Crippen LogP contribution >= 0.6 is 0 Å². The highest BCUT2D eigenvalue weighted by molar-refractivity contribution is 6.07. The molecule has 3 rings (SSSR count). The molecule has 0 aromatic heterocycles. The van der Waals surface area contributed by atoms with E-state index >= 15 is 0 Å². The van der Waals surface area contributed by atoms with Gasteiger partial charge in [-0.25, -0.2) is 9.18 Å². The van der Waals surface area contributed by atoms with Crippen LogP contribution in [0.3, 0.4) is 0 Å². The Morgan fingerprint density at radius 2 is 2.00 bits per heavy atom. The van der Waals surface area contributed by atoms with Gasteiger partial charge in [-0.1, -0.05) is 19.9 Å². The molecule has 168 valence electrons. The quantitative estimate of drug-likeness (QED) is 0.509. The number of carbonyl (C=O) groups is 3. The summed E-state index contributed by atoms with van der Waals surface area (Å²) in [7, 11) is 0. The zero-order valence-corrected chi connectivity index (χ0v) is 18.1. The highest BCUT2D eigenvalue weighted by Gasteiger charge is 2.26. The minimum absolute atomic E-state index is 0.0417. The van der Waals surface area contributed by atoms with Gasteiger partial charge >= 0.3 is 6.09 Å². The first-order valence-corrected chi connectivity index (χ1v) is 10.6. The Labute approximate surface area is 185 Å². The van der Waals surface area contributed by atoms with E-state index in [1.165, 1.54) is 12.1 Å². The van der Waals surface area contributed by atoms with Crippen LogP contribution in [0.15, 0.2) is 41.4 Å². The summed E-state index contributed by atoms with van der Waals surface area (Å²) >= 11 is 0. The van der Waals surface area contributed by atoms with Crippen LogP contribution < -0.4 is 11.1 Å². The molecule has 1 aliphatic rings. The number of ketones is 1. The van der Waals surface area contributed by atoms with Crippen molar-refractivity contribution in [1.82, 2.24) is 0 Å². The lowest BCUT2D eigenvalue weighted by molar-refractivity contribution is 0.0898. The number of Topliss-reactive ketones (excluding diaryl/α,β-unsaturated/α-hetero) is 1. The Balaban J connectivity index is 1.73. The van der Waals surface area contributed by atoms with Gasteiger partial charge in [0.15, 0.2) is 5.78 Å². The number of fused-ring (bicyclic) bond motifs is 1. The summed E-state index contributed by atoms with van der Waals surface area (Å²) in [5.74, 6) is -1.48. The highest BCUT2D eigenvalue weighted by atomic mass is 19.1. The predicted molar refractivity (Wildman–Crippen MR) is 120 cm³/mol. The third-order valence-corrected chi connectivity index (χ3v) is 5.41. The summed E-state index contributed by atoms with van der Waals surface area (Å²) in [5.41, 5.74) is 7.76. The summed E-state index contributed by atoms with van der Waals surface area (Å²) in [4.78, 5) is 40.2. The summed E-state index contributed by atoms with van der Waals surface area (Å²) in [6, 6.07) is 8.83. The van der Waals surface area contributed by atoms with E-state index in [0.717, 1.165) is 30.9 Å². The van der Waals surface area contributed by atoms with Gasteiger partial charge in [0.05, 0.1) is 12.2 Å². The van der Waals surface area contributed by atoms with Gasteiger partial charge in [0.1, 0.15) is 11.7 Å². The maximum absolute atomic E-state index is 14.6. The Bertz CT molecular complexity index is 1080. The first-order chi connectivity index (χ1) is 15.3. The summed E-state index contributed by atoms with van der Waals surface area (Å²) in [6.45, 7) is 4.05. The lowest BCUT2D eigenvalue weighted by Gasteiger charge is -2.22. The van der Waals surface area contributed by atoms with E-state index in [9.17, 15) is 18.8 Å². The molecule has 0 heterocycles. The minimum Gasteiger partial charge on any atom is -0.448 e. The fourth-order valence-electron chi connectivity index (χ4n) is 3.63. The molecule has 0 bridgehead atoms. The van der Waals surface area contributed by atoms with Gasteiger partial charge in [0, 0.05) is 22.7 Å². The Kier molecular flexibility index (Phi) is 7.35. The number of nitrogens with zero attached hydrogens (tertiary/aromatic N) is 1. The van der Waals surface area contributed by atoms with Crippen LogP contribution in [0.5, 0.6) is 0 Å². The summed E-state index contributed by atoms with van der Waals surface area (Å²) in [6.07, 6.45) is 2.12. The average Bonchev–Trinajstić information content (AvgIpc) is 2.77. The van der Waals surface area contributed by atoms with Gasteiger partial charge in [-0.3, -0.25) is 9.59 Å². The molecule has 0 saturated heterocycles. The molecule has 7 nitrogen and oxygen atoms in total. The minimum atomic E-state index is -0.859. The van der Waals surface area contributed by atoms with E-state index in [4.69, 9.17) is 10.5 Å². The summed E-state index contributed by atoms with van der Waals surface area (Å²) < 4.78 is 19.4. The van der Waals surface area contributed by atoms with Gasteiger partial charge in [-0.15, -0.1) is 0 Å². The van der Waals surface area contributed by atoms with Crippen LogP contribution in [0, 0.1) is 11.7 Å². The molecule has 3 N–H and O–H groups in total. The number of amidine groups is 1. The Morgan fingerprint density at radius 1 is 1.22 bits per heavy atom. The molecule has 0 saturated carbocycles. The van der Waals surface area contributed by atoms with Crippen molar-refractivity contribution < 1.29 is 23.5 Å². The van der Waals surface area contributed by atoms with E-state index in [2.05, 4.69) is 10.3 Å². The Morgan fingerprint density at radius 3 is 2.69 bits per heavy atom. The van der Waals surface area contributed by atoms with Crippen molar-refractivity contribution in [3.8, 4) is 0 Å². The molecule has 8 heteroatoms. The van der Waals surface area contributed by atoms with E-state index in [1.807, 2.05) is 13.8 Å². The fraction of sp³-hybridized carbons (Fsp3) is 0.333. The van der Waals surface area contributed by atoms with E-state index in [-0.39, 0.29) is 35.3 Å². The third-order valence-electron chi connectivity index (χ3n) is 5.41.